The number of ether oxygens (including phenoxy) is 1. The highest BCUT2D eigenvalue weighted by Crippen LogP contribution is 2.19. The van der Waals surface area contributed by atoms with Crippen LogP contribution in [0.2, 0.25) is 0 Å². The molecule has 0 bridgehead atoms. The van der Waals surface area contributed by atoms with E-state index in [2.05, 4.69) is 52.5 Å². The van der Waals surface area contributed by atoms with Gasteiger partial charge >= 0.3 is 0 Å². The van der Waals surface area contributed by atoms with Crippen LogP contribution in [-0.2, 0) is 26.1 Å². The Morgan fingerprint density at radius 1 is 0.853 bits per heavy atom. The zero-order valence-corrected chi connectivity index (χ0v) is 21.0. The molecule has 1 aromatic heterocycles. The van der Waals surface area contributed by atoms with E-state index in [4.69, 9.17) is 4.74 Å². The molecule has 2 heterocycles. The molecule has 0 fully saturated rings. The van der Waals surface area contributed by atoms with Crippen LogP contribution in [0.4, 0.5) is 0 Å². The predicted molar refractivity (Wildman–Crippen MR) is 142 cm³/mol. The van der Waals surface area contributed by atoms with E-state index < -0.39 is 0 Å². The molecule has 34 heavy (non-hydrogen) atoms. The van der Waals surface area contributed by atoms with Crippen molar-refractivity contribution in [2.24, 2.45) is 0 Å². The number of nitrogens with zero attached hydrogens (tertiary/aromatic N) is 2. The van der Waals surface area contributed by atoms with Crippen LogP contribution in [0.1, 0.15) is 61.4 Å². The van der Waals surface area contributed by atoms with Crippen LogP contribution in [0.5, 0.6) is 5.75 Å². The molecule has 0 radical (unpaired) electrons. The molecule has 1 N–H and O–H groups in total. The van der Waals surface area contributed by atoms with Gasteiger partial charge in [0.25, 0.3) is 0 Å². The molecular weight excluding hydrogens is 418 g/mol. The highest BCUT2D eigenvalue weighted by Gasteiger charge is 2.14. The average molecular weight is 460 g/mol. The van der Waals surface area contributed by atoms with E-state index in [1.165, 1.54) is 58.2 Å². The van der Waals surface area contributed by atoms with Gasteiger partial charge in [-0.2, -0.15) is 0 Å². The average Bonchev–Trinajstić information content (AvgIpc) is 2.90. The summed E-state index contributed by atoms with van der Waals surface area (Å²) in [5, 5.41) is 3.35. The molecule has 2 aromatic carbocycles. The lowest BCUT2D eigenvalue weighted by atomic mass is 10.00. The van der Waals surface area contributed by atoms with Crippen molar-refractivity contribution in [2.45, 2.75) is 65.1 Å². The smallest absolute Gasteiger partial charge is 0.123 e. The van der Waals surface area contributed by atoms with Gasteiger partial charge in [0.05, 0.1) is 12.8 Å². The second-order valence-corrected chi connectivity index (χ2v) is 8.95. The largest absolute Gasteiger partial charge is 0.496 e. The quantitative estimate of drug-likeness (QED) is 0.337. The van der Waals surface area contributed by atoms with Gasteiger partial charge in [0.1, 0.15) is 5.75 Å². The zero-order valence-electron chi connectivity index (χ0n) is 21.0. The van der Waals surface area contributed by atoms with Crippen LogP contribution in [0.25, 0.3) is 0 Å². The fourth-order valence-corrected chi connectivity index (χ4v) is 4.36. The first kappa shape index (κ1) is 25.9. The first-order chi connectivity index (χ1) is 16.8. The van der Waals surface area contributed by atoms with E-state index in [1.807, 2.05) is 36.4 Å². The third kappa shape index (κ3) is 8.92. The maximum atomic E-state index is 5.29. The SMILES string of the molecule is CCCCCCCN1CCc2ccccc2C1.COc1ccccc1CNCc1ccccn1. The predicted octanol–water partition coefficient (Wildman–Crippen LogP) is 6.40. The lowest BCUT2D eigenvalue weighted by molar-refractivity contribution is 0.248. The first-order valence-electron chi connectivity index (χ1n) is 12.8. The Bertz CT molecular complexity index is 945. The van der Waals surface area contributed by atoms with Crippen LogP contribution in [0.3, 0.4) is 0 Å². The molecule has 4 heteroatoms. The summed E-state index contributed by atoms with van der Waals surface area (Å²) < 4.78 is 5.29. The van der Waals surface area contributed by atoms with Crippen molar-refractivity contribution >= 4 is 0 Å². The number of hydrogen-bond acceptors (Lipinski definition) is 4. The lowest BCUT2D eigenvalue weighted by Crippen LogP contribution is -2.31. The van der Waals surface area contributed by atoms with Crippen LogP contribution >= 0.6 is 0 Å². The molecule has 1 aliphatic rings. The number of methoxy groups -OCH3 is 1. The molecule has 4 nitrogen and oxygen atoms in total. The fraction of sp³-hybridized carbons (Fsp3) is 0.433. The van der Waals surface area contributed by atoms with Crippen molar-refractivity contribution in [1.82, 2.24) is 15.2 Å². The van der Waals surface area contributed by atoms with Gasteiger partial charge in [-0.3, -0.25) is 9.88 Å². The number of rotatable bonds is 11. The summed E-state index contributed by atoms with van der Waals surface area (Å²) in [6.07, 6.45) is 10.0. The number of benzene rings is 2. The maximum Gasteiger partial charge on any atom is 0.123 e. The minimum Gasteiger partial charge on any atom is -0.496 e. The van der Waals surface area contributed by atoms with Crippen molar-refractivity contribution in [1.29, 1.82) is 0 Å². The third-order valence-corrected chi connectivity index (χ3v) is 6.33. The number of hydrogen-bond donors (Lipinski definition) is 1. The monoisotopic (exact) mass is 459 g/mol. The Morgan fingerprint density at radius 2 is 1.62 bits per heavy atom. The molecule has 0 saturated carbocycles. The normalized spacial score (nSPS) is 13.0. The van der Waals surface area contributed by atoms with Crippen molar-refractivity contribution < 1.29 is 4.74 Å². The molecule has 0 aliphatic carbocycles. The first-order valence-corrected chi connectivity index (χ1v) is 12.8. The molecule has 0 atom stereocenters. The van der Waals surface area contributed by atoms with Gasteiger partial charge in [-0.15, -0.1) is 0 Å². The second kappa shape index (κ2) is 15.3. The van der Waals surface area contributed by atoms with E-state index in [0.29, 0.717) is 0 Å². The van der Waals surface area contributed by atoms with E-state index >= 15 is 0 Å². The Balaban J connectivity index is 0.000000191. The molecule has 1 aliphatic heterocycles. The van der Waals surface area contributed by atoms with Gasteiger partial charge in [0.15, 0.2) is 0 Å². The maximum absolute atomic E-state index is 5.29. The number of unbranched alkanes of at least 4 members (excludes halogenated alkanes) is 4. The van der Waals surface area contributed by atoms with Crippen LogP contribution < -0.4 is 10.1 Å². The Labute approximate surface area is 206 Å². The van der Waals surface area contributed by atoms with E-state index in [9.17, 15) is 0 Å². The summed E-state index contributed by atoms with van der Waals surface area (Å²) in [5.74, 6) is 0.918. The summed E-state index contributed by atoms with van der Waals surface area (Å²) in [4.78, 5) is 6.88. The molecule has 3 aromatic rings. The highest BCUT2D eigenvalue weighted by molar-refractivity contribution is 5.33. The zero-order chi connectivity index (χ0) is 23.8. The molecule has 4 rings (SSSR count). The van der Waals surface area contributed by atoms with E-state index in [-0.39, 0.29) is 0 Å². The standard InChI is InChI=1S/C16H25N.C14H16N2O/c1-2-3-4-5-8-12-17-13-11-15-9-6-7-10-16(15)14-17;1-17-14-8-3-2-6-12(14)10-15-11-13-7-4-5-9-16-13/h6-7,9-10H,2-5,8,11-14H2,1H3;2-9,15H,10-11H2,1H3. The summed E-state index contributed by atoms with van der Waals surface area (Å²) in [7, 11) is 1.69. The molecule has 182 valence electrons. The summed E-state index contributed by atoms with van der Waals surface area (Å²) in [6.45, 7) is 7.54. The number of pyridine rings is 1. The molecule has 0 unspecified atom stereocenters. The second-order valence-electron chi connectivity index (χ2n) is 8.95. The molecular formula is C30H41N3O. The molecule has 0 spiro atoms. The fourth-order valence-electron chi connectivity index (χ4n) is 4.36. The minimum absolute atomic E-state index is 0.763. The van der Waals surface area contributed by atoms with Gasteiger partial charge in [0, 0.05) is 37.9 Å². The van der Waals surface area contributed by atoms with Crippen LogP contribution in [-0.4, -0.2) is 30.1 Å². The Morgan fingerprint density at radius 3 is 2.41 bits per heavy atom. The van der Waals surface area contributed by atoms with Gasteiger partial charge in [0.2, 0.25) is 0 Å². The number of fused-ring (bicyclic) bond motifs is 1. The van der Waals surface area contributed by atoms with Gasteiger partial charge < -0.3 is 10.1 Å². The topological polar surface area (TPSA) is 37.4 Å². The number of para-hydroxylation sites is 1. The van der Waals surface area contributed by atoms with E-state index in [0.717, 1.165) is 30.1 Å². The Hall–Kier alpha value is -2.69. The van der Waals surface area contributed by atoms with E-state index in [1.54, 1.807) is 24.4 Å². The van der Waals surface area contributed by atoms with Gasteiger partial charge in [-0.05, 0) is 48.7 Å². The molecule has 0 amide bonds. The molecule has 0 saturated heterocycles. The number of nitrogens with one attached hydrogen (secondary N) is 1. The summed E-state index contributed by atoms with van der Waals surface area (Å²) in [5.41, 5.74) is 5.32. The van der Waals surface area contributed by atoms with Crippen molar-refractivity contribution in [3.63, 3.8) is 0 Å². The van der Waals surface area contributed by atoms with Crippen molar-refractivity contribution in [2.75, 3.05) is 20.2 Å². The Kier molecular flexibility index (Phi) is 11.6. The van der Waals surface area contributed by atoms with Crippen LogP contribution in [0, 0.1) is 0 Å². The van der Waals surface area contributed by atoms with Gasteiger partial charge in [-0.1, -0.05) is 81.1 Å². The van der Waals surface area contributed by atoms with Crippen molar-refractivity contribution in [3.05, 3.63) is 95.3 Å². The number of aromatic nitrogens is 1. The minimum atomic E-state index is 0.763. The van der Waals surface area contributed by atoms with Crippen LogP contribution in [0.15, 0.2) is 72.9 Å². The van der Waals surface area contributed by atoms with Gasteiger partial charge in [-0.25, -0.2) is 0 Å². The highest BCUT2D eigenvalue weighted by atomic mass is 16.5. The summed E-state index contributed by atoms with van der Waals surface area (Å²) >= 11 is 0. The third-order valence-electron chi connectivity index (χ3n) is 6.33. The summed E-state index contributed by atoms with van der Waals surface area (Å²) in [6, 6.07) is 22.9. The van der Waals surface area contributed by atoms with Crippen molar-refractivity contribution in [3.8, 4) is 5.75 Å². The lowest BCUT2D eigenvalue weighted by Gasteiger charge is -2.28.